The first-order valence-electron chi connectivity index (χ1n) is 6.25. The van der Waals surface area contributed by atoms with Crippen LogP contribution < -0.4 is 5.32 Å². The Bertz CT molecular complexity index is 565. The summed E-state index contributed by atoms with van der Waals surface area (Å²) in [5, 5.41) is 3.50. The predicted octanol–water partition coefficient (Wildman–Crippen LogP) is 2.55. The number of nitrogens with one attached hydrogen (secondary N) is 1. The van der Waals surface area contributed by atoms with Crippen molar-refractivity contribution in [3.05, 3.63) is 24.3 Å². The number of carbonyl (C=O) groups is 1. The second-order valence-electron chi connectivity index (χ2n) is 4.54. The molecule has 1 aromatic heterocycles. The van der Waals surface area contributed by atoms with Gasteiger partial charge in [-0.05, 0) is 19.1 Å². The molecular weight excluding hydrogens is 262 g/mol. The first-order chi connectivity index (χ1) is 9.22. The molecule has 0 spiro atoms. The molecule has 1 atom stereocenters. The Morgan fingerprint density at radius 3 is 3.16 bits per heavy atom. The molecule has 1 aliphatic rings. The van der Waals surface area contributed by atoms with Gasteiger partial charge in [-0.1, -0.05) is 23.5 Å². The normalized spacial score (nSPS) is 19.6. The number of aromatic nitrogens is 1. The molecule has 100 valence electrons. The number of benzene rings is 1. The zero-order chi connectivity index (χ0) is 13.2. The van der Waals surface area contributed by atoms with E-state index in [9.17, 15) is 4.79 Å². The fraction of sp³-hybridized carbons (Fsp3) is 0.385. The second-order valence-corrected chi connectivity index (χ2v) is 5.57. The molecule has 1 fully saturated rings. The van der Waals surface area contributed by atoms with Crippen LogP contribution in [-0.2, 0) is 4.74 Å². The van der Waals surface area contributed by atoms with Gasteiger partial charge in [-0.3, -0.25) is 5.32 Å². The van der Waals surface area contributed by atoms with E-state index in [1.165, 1.54) is 11.3 Å². The van der Waals surface area contributed by atoms with Crippen LogP contribution in [-0.4, -0.2) is 41.7 Å². The van der Waals surface area contributed by atoms with Gasteiger partial charge in [0.2, 0.25) is 0 Å². The molecule has 1 unspecified atom stereocenters. The first kappa shape index (κ1) is 12.4. The number of ether oxygens (including phenoxy) is 1. The molecule has 1 N–H and O–H groups in total. The predicted molar refractivity (Wildman–Crippen MR) is 75.6 cm³/mol. The maximum Gasteiger partial charge on any atom is 0.323 e. The molecule has 1 aromatic carbocycles. The quantitative estimate of drug-likeness (QED) is 0.871. The van der Waals surface area contributed by atoms with Gasteiger partial charge in [0.1, 0.15) is 0 Å². The molecule has 5 nitrogen and oxygen atoms in total. The van der Waals surface area contributed by atoms with E-state index in [0.717, 1.165) is 10.2 Å². The van der Waals surface area contributed by atoms with Crippen molar-refractivity contribution in [2.45, 2.75) is 13.0 Å². The van der Waals surface area contributed by atoms with E-state index in [-0.39, 0.29) is 12.1 Å². The van der Waals surface area contributed by atoms with Crippen molar-refractivity contribution in [3.63, 3.8) is 0 Å². The third-order valence-corrected chi connectivity index (χ3v) is 3.99. The molecule has 0 bridgehead atoms. The molecule has 0 aliphatic carbocycles. The fourth-order valence-corrected chi connectivity index (χ4v) is 2.95. The molecule has 19 heavy (non-hydrogen) atoms. The van der Waals surface area contributed by atoms with Gasteiger partial charge in [0.15, 0.2) is 5.13 Å². The number of urea groups is 1. The Morgan fingerprint density at radius 1 is 1.53 bits per heavy atom. The van der Waals surface area contributed by atoms with Crippen LogP contribution in [0.4, 0.5) is 9.93 Å². The van der Waals surface area contributed by atoms with Gasteiger partial charge in [-0.2, -0.15) is 0 Å². The SMILES string of the molecule is CC1CN(C(=O)Nc2nc3ccccc3s2)CCO1. The Balaban J connectivity index is 1.71. The summed E-state index contributed by atoms with van der Waals surface area (Å²) in [5.41, 5.74) is 0.915. The maximum atomic E-state index is 12.1. The molecule has 1 saturated heterocycles. The first-order valence-corrected chi connectivity index (χ1v) is 7.07. The number of thiazole rings is 1. The van der Waals surface area contributed by atoms with E-state index in [0.29, 0.717) is 24.8 Å². The van der Waals surface area contributed by atoms with Crippen molar-refractivity contribution in [1.29, 1.82) is 0 Å². The van der Waals surface area contributed by atoms with Crippen LogP contribution in [0.15, 0.2) is 24.3 Å². The van der Waals surface area contributed by atoms with Gasteiger partial charge >= 0.3 is 6.03 Å². The molecule has 2 heterocycles. The van der Waals surface area contributed by atoms with E-state index >= 15 is 0 Å². The summed E-state index contributed by atoms with van der Waals surface area (Å²) in [7, 11) is 0. The van der Waals surface area contributed by atoms with Crippen molar-refractivity contribution < 1.29 is 9.53 Å². The second kappa shape index (κ2) is 5.14. The van der Waals surface area contributed by atoms with E-state index in [2.05, 4.69) is 10.3 Å². The highest BCUT2D eigenvalue weighted by Crippen LogP contribution is 2.25. The summed E-state index contributed by atoms with van der Waals surface area (Å²) >= 11 is 1.49. The Morgan fingerprint density at radius 2 is 2.37 bits per heavy atom. The lowest BCUT2D eigenvalue weighted by Gasteiger charge is -2.30. The number of rotatable bonds is 1. The smallest absolute Gasteiger partial charge is 0.323 e. The third-order valence-electron chi connectivity index (χ3n) is 3.04. The molecular formula is C13H15N3O2S. The number of hydrogen-bond acceptors (Lipinski definition) is 4. The number of morpholine rings is 1. The summed E-state index contributed by atoms with van der Waals surface area (Å²) in [6, 6.07) is 7.75. The lowest BCUT2D eigenvalue weighted by molar-refractivity contribution is -0.00138. The minimum absolute atomic E-state index is 0.0925. The Kier molecular flexibility index (Phi) is 3.35. The number of amides is 2. The van der Waals surface area contributed by atoms with Gasteiger partial charge in [-0.15, -0.1) is 0 Å². The minimum atomic E-state index is -0.103. The maximum absolute atomic E-state index is 12.1. The van der Waals surface area contributed by atoms with Crippen LogP contribution >= 0.6 is 11.3 Å². The van der Waals surface area contributed by atoms with E-state index in [1.54, 1.807) is 4.90 Å². The van der Waals surface area contributed by atoms with Gasteiger partial charge < -0.3 is 9.64 Å². The molecule has 2 amide bonds. The summed E-state index contributed by atoms with van der Waals surface area (Å²) < 4.78 is 6.50. The number of hydrogen-bond donors (Lipinski definition) is 1. The lowest BCUT2D eigenvalue weighted by atomic mass is 10.3. The number of nitrogens with zero attached hydrogens (tertiary/aromatic N) is 2. The average Bonchev–Trinajstić information content (AvgIpc) is 2.80. The van der Waals surface area contributed by atoms with Crippen LogP contribution in [0.25, 0.3) is 10.2 Å². The molecule has 0 saturated carbocycles. The number of anilines is 1. The summed E-state index contributed by atoms with van der Waals surface area (Å²) in [6.45, 7) is 3.81. The zero-order valence-electron chi connectivity index (χ0n) is 10.6. The molecule has 3 rings (SSSR count). The summed E-state index contributed by atoms with van der Waals surface area (Å²) in [5.74, 6) is 0. The Labute approximate surface area is 115 Å². The van der Waals surface area contributed by atoms with Crippen LogP contribution in [0.1, 0.15) is 6.92 Å². The topological polar surface area (TPSA) is 54.5 Å². The van der Waals surface area contributed by atoms with E-state index in [4.69, 9.17) is 4.74 Å². The highest BCUT2D eigenvalue weighted by atomic mass is 32.1. The summed E-state index contributed by atoms with van der Waals surface area (Å²) in [6.07, 6.45) is 0.0925. The largest absolute Gasteiger partial charge is 0.375 e. The number of carbonyl (C=O) groups excluding carboxylic acids is 1. The summed E-state index contributed by atoms with van der Waals surface area (Å²) in [4.78, 5) is 18.3. The van der Waals surface area contributed by atoms with Crippen LogP contribution in [0.2, 0.25) is 0 Å². The highest BCUT2D eigenvalue weighted by molar-refractivity contribution is 7.22. The fourth-order valence-electron chi connectivity index (χ4n) is 2.10. The Hall–Kier alpha value is -1.66. The third kappa shape index (κ3) is 2.69. The average molecular weight is 277 g/mol. The molecule has 1 aliphatic heterocycles. The van der Waals surface area contributed by atoms with Gasteiger partial charge in [-0.25, -0.2) is 9.78 Å². The number of para-hydroxylation sites is 1. The van der Waals surface area contributed by atoms with Crippen molar-refractivity contribution in [2.75, 3.05) is 25.0 Å². The van der Waals surface area contributed by atoms with Crippen LogP contribution in [0.5, 0.6) is 0 Å². The van der Waals surface area contributed by atoms with E-state index in [1.807, 2.05) is 31.2 Å². The molecule has 2 aromatic rings. The van der Waals surface area contributed by atoms with Crippen molar-refractivity contribution in [3.8, 4) is 0 Å². The van der Waals surface area contributed by atoms with Crippen molar-refractivity contribution >= 4 is 32.7 Å². The minimum Gasteiger partial charge on any atom is -0.375 e. The highest BCUT2D eigenvalue weighted by Gasteiger charge is 2.22. The standard InChI is InChI=1S/C13H15N3O2S/c1-9-8-16(6-7-18-9)13(17)15-12-14-10-4-2-3-5-11(10)19-12/h2-5,9H,6-8H2,1H3,(H,14,15,17). The molecule has 6 heteroatoms. The zero-order valence-corrected chi connectivity index (χ0v) is 11.4. The molecule has 0 radical (unpaired) electrons. The van der Waals surface area contributed by atoms with Crippen LogP contribution in [0.3, 0.4) is 0 Å². The van der Waals surface area contributed by atoms with Gasteiger partial charge in [0.05, 0.1) is 22.9 Å². The van der Waals surface area contributed by atoms with Gasteiger partial charge in [0.25, 0.3) is 0 Å². The lowest BCUT2D eigenvalue weighted by Crippen LogP contribution is -2.46. The van der Waals surface area contributed by atoms with Gasteiger partial charge in [0, 0.05) is 13.1 Å². The number of fused-ring (bicyclic) bond motifs is 1. The van der Waals surface area contributed by atoms with Crippen LogP contribution in [0, 0.1) is 0 Å². The van der Waals surface area contributed by atoms with E-state index < -0.39 is 0 Å². The monoisotopic (exact) mass is 277 g/mol. The van der Waals surface area contributed by atoms with Crippen molar-refractivity contribution in [2.24, 2.45) is 0 Å². The van der Waals surface area contributed by atoms with Crippen molar-refractivity contribution in [1.82, 2.24) is 9.88 Å².